The number of amides is 1. The van der Waals surface area contributed by atoms with E-state index in [4.69, 9.17) is 10.5 Å². The zero-order chi connectivity index (χ0) is 11.5. The zero-order valence-corrected chi connectivity index (χ0v) is 8.70. The number of halogens is 1. The topological polar surface area (TPSA) is 64.3 Å². The van der Waals surface area contributed by atoms with Gasteiger partial charge in [-0.15, -0.1) is 0 Å². The molecular weight excluding hydrogens is 211 g/mol. The molecule has 1 aromatic rings. The molecule has 1 saturated carbocycles. The third kappa shape index (κ3) is 2.85. The molecule has 3 N–H and O–H groups in total. The van der Waals surface area contributed by atoms with Gasteiger partial charge in [0, 0.05) is 12.1 Å². The first-order valence-electron chi connectivity index (χ1n) is 5.12. The summed E-state index contributed by atoms with van der Waals surface area (Å²) in [6.45, 7) is -0.0909. The fourth-order valence-electron chi connectivity index (χ4n) is 1.29. The normalized spacial score (nSPS) is 14.6. The van der Waals surface area contributed by atoms with Crippen molar-refractivity contribution in [3.05, 3.63) is 24.0 Å². The van der Waals surface area contributed by atoms with E-state index in [1.54, 1.807) is 0 Å². The van der Waals surface area contributed by atoms with Crippen LogP contribution < -0.4 is 15.8 Å². The zero-order valence-electron chi connectivity index (χ0n) is 8.70. The number of anilines is 1. The van der Waals surface area contributed by atoms with Crippen LogP contribution in [0, 0.1) is 5.82 Å². The Morgan fingerprint density at radius 2 is 2.31 bits per heavy atom. The van der Waals surface area contributed by atoms with Crippen molar-refractivity contribution in [2.45, 2.75) is 18.9 Å². The van der Waals surface area contributed by atoms with Crippen molar-refractivity contribution in [2.24, 2.45) is 0 Å². The summed E-state index contributed by atoms with van der Waals surface area (Å²) in [6.07, 6.45) is 2.06. The lowest BCUT2D eigenvalue weighted by Gasteiger charge is -2.08. The van der Waals surface area contributed by atoms with Crippen molar-refractivity contribution in [1.29, 1.82) is 0 Å². The van der Waals surface area contributed by atoms with E-state index in [-0.39, 0.29) is 18.2 Å². The molecule has 0 spiro atoms. The summed E-state index contributed by atoms with van der Waals surface area (Å²) in [5.74, 6) is -0.272. The molecule has 1 aliphatic rings. The van der Waals surface area contributed by atoms with Gasteiger partial charge in [0.25, 0.3) is 5.91 Å². The Hall–Kier alpha value is -1.78. The molecule has 4 nitrogen and oxygen atoms in total. The van der Waals surface area contributed by atoms with Crippen LogP contribution in [0.25, 0.3) is 0 Å². The van der Waals surface area contributed by atoms with Crippen LogP contribution in [-0.4, -0.2) is 18.6 Å². The number of hydrogen-bond acceptors (Lipinski definition) is 3. The van der Waals surface area contributed by atoms with Gasteiger partial charge in [0.05, 0.1) is 5.69 Å². The van der Waals surface area contributed by atoms with E-state index < -0.39 is 5.82 Å². The quantitative estimate of drug-likeness (QED) is 0.752. The predicted octanol–water partition coefficient (Wildman–Crippen LogP) is 1.07. The van der Waals surface area contributed by atoms with Crippen LogP contribution in [0.1, 0.15) is 12.8 Å². The lowest BCUT2D eigenvalue weighted by atomic mass is 10.3. The van der Waals surface area contributed by atoms with Crippen LogP contribution in [0.5, 0.6) is 5.75 Å². The minimum absolute atomic E-state index is 0.0909. The summed E-state index contributed by atoms with van der Waals surface area (Å²) < 4.78 is 17.9. The summed E-state index contributed by atoms with van der Waals surface area (Å²) in [7, 11) is 0. The third-order valence-corrected chi connectivity index (χ3v) is 2.27. The lowest BCUT2D eigenvalue weighted by molar-refractivity contribution is -0.123. The number of rotatable bonds is 4. The standard InChI is InChI=1S/C11H13FN2O2/c12-7-1-4-10(9(13)5-7)16-6-11(15)14-8-2-3-8/h1,4-5,8H,2-3,6,13H2,(H,14,15). The van der Waals surface area contributed by atoms with Gasteiger partial charge >= 0.3 is 0 Å². The number of carbonyl (C=O) groups excluding carboxylic acids is 1. The second-order valence-corrected chi connectivity index (χ2v) is 3.81. The van der Waals surface area contributed by atoms with Crippen LogP contribution in [-0.2, 0) is 4.79 Å². The minimum atomic E-state index is -0.424. The van der Waals surface area contributed by atoms with Gasteiger partial charge in [-0.3, -0.25) is 4.79 Å². The average Bonchev–Trinajstić information content (AvgIpc) is 3.00. The molecule has 0 saturated heterocycles. The number of hydrogen-bond donors (Lipinski definition) is 2. The van der Waals surface area contributed by atoms with Crippen LogP contribution in [0.15, 0.2) is 18.2 Å². The molecule has 5 heteroatoms. The molecule has 0 aliphatic heterocycles. The molecule has 0 unspecified atom stereocenters. The Bertz CT molecular complexity index is 405. The van der Waals surface area contributed by atoms with Gasteiger partial charge < -0.3 is 15.8 Å². The number of benzene rings is 1. The van der Waals surface area contributed by atoms with E-state index in [0.29, 0.717) is 11.8 Å². The van der Waals surface area contributed by atoms with Crippen LogP contribution in [0.3, 0.4) is 0 Å². The number of nitrogens with one attached hydrogen (secondary N) is 1. The van der Waals surface area contributed by atoms with E-state index in [9.17, 15) is 9.18 Å². The molecule has 1 amide bonds. The van der Waals surface area contributed by atoms with Crippen LogP contribution in [0.4, 0.5) is 10.1 Å². The molecule has 0 heterocycles. The summed E-state index contributed by atoms with van der Waals surface area (Å²) in [5.41, 5.74) is 5.72. The van der Waals surface area contributed by atoms with Crippen molar-refractivity contribution in [2.75, 3.05) is 12.3 Å². The Kier molecular flexibility index (Phi) is 2.94. The van der Waals surface area contributed by atoms with Crippen molar-refractivity contribution >= 4 is 11.6 Å². The first kappa shape index (κ1) is 10.7. The molecule has 1 aromatic carbocycles. The first-order chi connectivity index (χ1) is 7.65. The Balaban J connectivity index is 1.85. The molecule has 0 radical (unpaired) electrons. The van der Waals surface area contributed by atoms with Crippen molar-refractivity contribution in [3.63, 3.8) is 0 Å². The molecule has 0 atom stereocenters. The van der Waals surface area contributed by atoms with Crippen LogP contribution >= 0.6 is 0 Å². The van der Waals surface area contributed by atoms with Gasteiger partial charge in [0.2, 0.25) is 0 Å². The van der Waals surface area contributed by atoms with E-state index in [0.717, 1.165) is 18.9 Å². The Labute approximate surface area is 92.6 Å². The van der Waals surface area contributed by atoms with E-state index in [2.05, 4.69) is 5.32 Å². The van der Waals surface area contributed by atoms with Gasteiger partial charge in [0.1, 0.15) is 11.6 Å². The maximum Gasteiger partial charge on any atom is 0.258 e. The second-order valence-electron chi connectivity index (χ2n) is 3.81. The SMILES string of the molecule is Nc1cc(F)ccc1OCC(=O)NC1CC1. The molecule has 2 rings (SSSR count). The minimum Gasteiger partial charge on any atom is -0.482 e. The van der Waals surface area contributed by atoms with Crippen LogP contribution in [0.2, 0.25) is 0 Å². The van der Waals surface area contributed by atoms with Gasteiger partial charge in [-0.25, -0.2) is 4.39 Å². The molecule has 86 valence electrons. The van der Waals surface area contributed by atoms with Crippen molar-refractivity contribution in [1.82, 2.24) is 5.32 Å². The molecule has 0 bridgehead atoms. The fourth-order valence-corrected chi connectivity index (χ4v) is 1.29. The van der Waals surface area contributed by atoms with Gasteiger partial charge in [0.15, 0.2) is 6.61 Å². The summed E-state index contributed by atoms with van der Waals surface area (Å²) in [4.78, 5) is 11.3. The number of nitrogens with two attached hydrogens (primary N) is 1. The highest BCUT2D eigenvalue weighted by Gasteiger charge is 2.23. The maximum atomic E-state index is 12.7. The number of carbonyl (C=O) groups is 1. The average molecular weight is 224 g/mol. The summed E-state index contributed by atoms with van der Waals surface area (Å²) in [5, 5.41) is 2.78. The fraction of sp³-hybridized carbons (Fsp3) is 0.364. The monoisotopic (exact) mass is 224 g/mol. The first-order valence-corrected chi connectivity index (χ1v) is 5.12. The third-order valence-electron chi connectivity index (χ3n) is 2.27. The largest absolute Gasteiger partial charge is 0.482 e. The summed E-state index contributed by atoms with van der Waals surface area (Å²) in [6, 6.07) is 4.12. The summed E-state index contributed by atoms with van der Waals surface area (Å²) >= 11 is 0. The molecule has 1 aliphatic carbocycles. The van der Waals surface area contributed by atoms with Gasteiger partial charge in [-0.2, -0.15) is 0 Å². The predicted molar refractivity (Wildman–Crippen MR) is 57.5 cm³/mol. The van der Waals surface area contributed by atoms with Crippen molar-refractivity contribution < 1.29 is 13.9 Å². The highest BCUT2D eigenvalue weighted by Crippen LogP contribution is 2.22. The molecule has 0 aromatic heterocycles. The number of ether oxygens (including phenoxy) is 1. The second kappa shape index (κ2) is 4.38. The van der Waals surface area contributed by atoms with E-state index >= 15 is 0 Å². The van der Waals surface area contributed by atoms with E-state index in [1.165, 1.54) is 12.1 Å². The Morgan fingerprint density at radius 1 is 1.56 bits per heavy atom. The van der Waals surface area contributed by atoms with Crippen molar-refractivity contribution in [3.8, 4) is 5.75 Å². The number of nitrogen functional groups attached to an aromatic ring is 1. The van der Waals surface area contributed by atoms with Gasteiger partial charge in [-0.1, -0.05) is 0 Å². The Morgan fingerprint density at radius 3 is 2.94 bits per heavy atom. The lowest BCUT2D eigenvalue weighted by Crippen LogP contribution is -2.30. The highest BCUT2D eigenvalue weighted by molar-refractivity contribution is 5.78. The van der Waals surface area contributed by atoms with Gasteiger partial charge in [-0.05, 0) is 25.0 Å². The smallest absolute Gasteiger partial charge is 0.258 e. The maximum absolute atomic E-state index is 12.7. The molecule has 1 fully saturated rings. The van der Waals surface area contributed by atoms with E-state index in [1.807, 2.05) is 0 Å². The molecule has 16 heavy (non-hydrogen) atoms. The highest BCUT2D eigenvalue weighted by atomic mass is 19.1. The molecular formula is C11H13FN2O2.